The van der Waals surface area contributed by atoms with Crippen molar-refractivity contribution >= 4 is 5.78 Å². The maximum absolute atomic E-state index is 13.1. The third-order valence-corrected chi connectivity index (χ3v) is 4.86. The van der Waals surface area contributed by atoms with Gasteiger partial charge in [-0.25, -0.2) is 0 Å². The van der Waals surface area contributed by atoms with Gasteiger partial charge in [-0.2, -0.15) is 13.2 Å². The highest BCUT2D eigenvalue weighted by Gasteiger charge is 2.42. The maximum atomic E-state index is 13.1. The van der Waals surface area contributed by atoms with Crippen molar-refractivity contribution in [2.24, 2.45) is 0 Å². The van der Waals surface area contributed by atoms with Crippen LogP contribution in [-0.4, -0.2) is 30.3 Å². The second kappa shape index (κ2) is 11.1. The van der Waals surface area contributed by atoms with E-state index in [1.54, 1.807) is 26.0 Å². The van der Waals surface area contributed by atoms with E-state index in [9.17, 15) is 23.1 Å². The lowest BCUT2D eigenvalue weighted by molar-refractivity contribution is -0.0886. The van der Waals surface area contributed by atoms with Crippen molar-refractivity contribution in [2.45, 2.75) is 59.1 Å². The molecule has 0 spiro atoms. The summed E-state index contributed by atoms with van der Waals surface area (Å²) in [7, 11) is 0. The van der Waals surface area contributed by atoms with Crippen LogP contribution in [0.5, 0.6) is 17.2 Å². The van der Waals surface area contributed by atoms with Gasteiger partial charge in [-0.05, 0) is 56.5 Å². The number of unbranched alkanes of at least 4 members (excludes halogenated alkanes) is 3. The van der Waals surface area contributed by atoms with Crippen LogP contribution < -0.4 is 9.47 Å². The zero-order valence-corrected chi connectivity index (χ0v) is 18.1. The number of rotatable bonds is 11. The number of ketones is 1. The number of halogens is 3. The zero-order valence-electron chi connectivity index (χ0n) is 18.1. The molecule has 0 unspecified atom stereocenters. The summed E-state index contributed by atoms with van der Waals surface area (Å²) in [6, 6.07) is 7.64. The fourth-order valence-corrected chi connectivity index (χ4v) is 3.39. The molecule has 2 rings (SSSR count). The van der Waals surface area contributed by atoms with Crippen LogP contribution in [0.1, 0.15) is 62.4 Å². The topological polar surface area (TPSA) is 55.8 Å². The number of Topliss-reactive ketones (excluding diaryl/α,β-unsaturated/α-hetero) is 1. The van der Waals surface area contributed by atoms with E-state index in [4.69, 9.17) is 9.47 Å². The van der Waals surface area contributed by atoms with Gasteiger partial charge in [0.2, 0.25) is 0 Å². The Balaban J connectivity index is 2.58. The number of hydrogen-bond acceptors (Lipinski definition) is 4. The quantitative estimate of drug-likeness (QED) is 0.312. The molecule has 0 saturated heterocycles. The molecule has 0 bridgehead atoms. The first-order valence-corrected chi connectivity index (χ1v) is 10.6. The zero-order chi connectivity index (χ0) is 23.0. The number of aryl methyl sites for hydroxylation is 1. The molecular formula is C24H29F3O4. The van der Waals surface area contributed by atoms with Gasteiger partial charge in [-0.15, -0.1) is 0 Å². The van der Waals surface area contributed by atoms with Gasteiger partial charge in [-0.3, -0.25) is 4.79 Å². The van der Waals surface area contributed by atoms with Crippen molar-refractivity contribution in [3.8, 4) is 28.4 Å². The number of carbonyl (C=O) groups is 1. The van der Waals surface area contributed by atoms with Crippen LogP contribution in [0.2, 0.25) is 0 Å². The first-order valence-electron chi connectivity index (χ1n) is 10.6. The summed E-state index contributed by atoms with van der Waals surface area (Å²) in [6.45, 7) is 5.62. The number of phenolic OH excluding ortho intramolecular Hbond substituents is 1. The minimum absolute atomic E-state index is 0.0119. The molecule has 0 aliphatic heterocycles. The molecule has 0 atom stereocenters. The van der Waals surface area contributed by atoms with Crippen molar-refractivity contribution in [1.82, 2.24) is 0 Å². The lowest BCUT2D eigenvalue weighted by atomic mass is 9.96. The first-order chi connectivity index (χ1) is 14.7. The van der Waals surface area contributed by atoms with E-state index in [0.29, 0.717) is 11.1 Å². The first kappa shape index (κ1) is 24.6. The molecule has 0 heterocycles. The predicted molar refractivity (Wildman–Crippen MR) is 114 cm³/mol. The second-order valence-electron chi connectivity index (χ2n) is 7.17. The van der Waals surface area contributed by atoms with Gasteiger partial charge in [-0.1, -0.05) is 32.3 Å². The number of hydrogen-bond donors (Lipinski definition) is 1. The Morgan fingerprint density at radius 3 is 2.19 bits per heavy atom. The number of aromatic hydroxyl groups is 1. The lowest BCUT2D eigenvalue weighted by Gasteiger charge is -2.19. The molecule has 4 nitrogen and oxygen atoms in total. The Labute approximate surface area is 181 Å². The normalized spacial score (nSPS) is 11.4. The summed E-state index contributed by atoms with van der Waals surface area (Å²) < 4.78 is 50.4. The summed E-state index contributed by atoms with van der Waals surface area (Å²) in [6.07, 6.45) is 0.143. The molecule has 2 aromatic rings. The smallest absolute Gasteiger partial charge is 0.455 e. The number of carbonyl (C=O) groups excluding carboxylic acids is 1. The Kier molecular flexibility index (Phi) is 8.77. The molecule has 0 fully saturated rings. The highest BCUT2D eigenvalue weighted by Crippen LogP contribution is 2.45. The highest BCUT2D eigenvalue weighted by atomic mass is 19.4. The monoisotopic (exact) mass is 438 g/mol. The van der Waals surface area contributed by atoms with Crippen LogP contribution in [0.15, 0.2) is 30.3 Å². The predicted octanol–water partition coefficient (Wildman–Crippen LogP) is 6.72. The average molecular weight is 438 g/mol. The molecule has 7 heteroatoms. The third kappa shape index (κ3) is 6.15. The van der Waals surface area contributed by atoms with Gasteiger partial charge in [0.15, 0.2) is 11.5 Å². The van der Waals surface area contributed by atoms with Gasteiger partial charge in [0.1, 0.15) is 5.75 Å². The molecule has 0 aliphatic carbocycles. The standard InChI is InChI=1S/C24H29F3O4/c1-4-7-8-9-10-16-11-14-20(28)19(15-16)17-12-13-18(23(29)24(25,26)27)22(31-6-3)21(17)30-5-2/h11-15,28H,4-10H2,1-3H3. The minimum atomic E-state index is -5.04. The van der Waals surface area contributed by atoms with Gasteiger partial charge < -0.3 is 14.6 Å². The molecule has 0 aliphatic rings. The van der Waals surface area contributed by atoms with Crippen molar-refractivity contribution in [1.29, 1.82) is 0 Å². The fraction of sp³-hybridized carbons (Fsp3) is 0.458. The molecule has 170 valence electrons. The van der Waals surface area contributed by atoms with Gasteiger partial charge in [0.05, 0.1) is 18.8 Å². The van der Waals surface area contributed by atoms with E-state index < -0.39 is 17.5 Å². The molecule has 0 radical (unpaired) electrons. The number of phenols is 1. The molecule has 2 aromatic carbocycles. The van der Waals surface area contributed by atoms with Crippen LogP contribution in [0.4, 0.5) is 13.2 Å². The van der Waals surface area contributed by atoms with Gasteiger partial charge in [0.25, 0.3) is 5.78 Å². The van der Waals surface area contributed by atoms with Gasteiger partial charge in [0, 0.05) is 11.1 Å². The van der Waals surface area contributed by atoms with Crippen molar-refractivity contribution in [3.63, 3.8) is 0 Å². The van der Waals surface area contributed by atoms with E-state index in [2.05, 4.69) is 6.92 Å². The molecule has 0 saturated carbocycles. The molecule has 0 amide bonds. The molecule has 1 N–H and O–H groups in total. The van der Waals surface area contributed by atoms with Crippen LogP contribution >= 0.6 is 0 Å². The maximum Gasteiger partial charge on any atom is 0.455 e. The summed E-state index contributed by atoms with van der Waals surface area (Å²) in [4.78, 5) is 11.9. The average Bonchev–Trinajstić information content (AvgIpc) is 2.72. The van der Waals surface area contributed by atoms with Crippen molar-refractivity contribution in [3.05, 3.63) is 41.5 Å². The lowest BCUT2D eigenvalue weighted by Crippen LogP contribution is -2.23. The molecular weight excluding hydrogens is 409 g/mol. The van der Waals surface area contributed by atoms with Crippen LogP contribution in [0.3, 0.4) is 0 Å². The van der Waals surface area contributed by atoms with Crippen molar-refractivity contribution < 1.29 is 32.5 Å². The molecule has 0 aromatic heterocycles. The van der Waals surface area contributed by atoms with Crippen LogP contribution in [0, 0.1) is 0 Å². The third-order valence-electron chi connectivity index (χ3n) is 4.86. The van der Waals surface area contributed by atoms with Crippen LogP contribution in [0.25, 0.3) is 11.1 Å². The van der Waals surface area contributed by atoms with E-state index >= 15 is 0 Å². The van der Waals surface area contributed by atoms with E-state index in [1.807, 2.05) is 6.07 Å². The summed E-state index contributed by atoms with van der Waals surface area (Å²) >= 11 is 0. The second-order valence-corrected chi connectivity index (χ2v) is 7.17. The van der Waals surface area contributed by atoms with Gasteiger partial charge >= 0.3 is 6.18 Å². The Morgan fingerprint density at radius 2 is 1.58 bits per heavy atom. The Morgan fingerprint density at radius 1 is 0.903 bits per heavy atom. The Hall–Kier alpha value is -2.70. The van der Waals surface area contributed by atoms with E-state index in [0.717, 1.165) is 43.7 Å². The fourth-order valence-electron chi connectivity index (χ4n) is 3.39. The molecule has 31 heavy (non-hydrogen) atoms. The summed E-state index contributed by atoms with van der Waals surface area (Å²) in [5.74, 6) is -2.29. The minimum Gasteiger partial charge on any atom is -0.507 e. The summed E-state index contributed by atoms with van der Waals surface area (Å²) in [5, 5.41) is 10.5. The van der Waals surface area contributed by atoms with Crippen molar-refractivity contribution in [2.75, 3.05) is 13.2 Å². The highest BCUT2D eigenvalue weighted by molar-refractivity contribution is 6.04. The SMILES string of the molecule is CCCCCCc1ccc(O)c(-c2ccc(C(=O)C(F)(F)F)c(OCC)c2OCC)c1. The van der Waals surface area contributed by atoms with Crippen LogP contribution in [-0.2, 0) is 6.42 Å². The van der Waals surface area contributed by atoms with E-state index in [-0.39, 0.29) is 30.5 Å². The largest absolute Gasteiger partial charge is 0.507 e. The Bertz CT molecular complexity index is 891. The van der Waals surface area contributed by atoms with E-state index in [1.165, 1.54) is 6.07 Å². The number of alkyl halides is 3. The number of ether oxygens (including phenoxy) is 2. The number of benzene rings is 2. The summed E-state index contributed by atoms with van der Waals surface area (Å²) in [5.41, 5.74) is 1.18.